The minimum Gasteiger partial charge on any atom is -0.373 e. The Bertz CT molecular complexity index is 537. The minimum absolute atomic E-state index is 0.845. The Hall–Kier alpha value is -1.48. The Morgan fingerprint density at radius 2 is 2.00 bits per heavy atom. The molecule has 1 heterocycles. The normalized spacial score (nSPS) is 10.8. The molecule has 3 nitrogen and oxygen atoms in total. The zero-order valence-electron chi connectivity index (χ0n) is 12.9. The number of benzene rings is 1. The zero-order valence-corrected chi connectivity index (χ0v) is 13.7. The number of rotatable bonds is 8. The number of halogens is 1. The van der Waals surface area contributed by atoms with Gasteiger partial charge in [-0.2, -0.15) is 0 Å². The zero-order chi connectivity index (χ0) is 15.1. The number of aryl methyl sites for hydroxylation is 2. The average Bonchev–Trinajstić information content (AvgIpc) is 2.95. The second kappa shape index (κ2) is 8.08. The molecule has 21 heavy (non-hydrogen) atoms. The molecular weight excluding hydrogens is 282 g/mol. The van der Waals surface area contributed by atoms with Crippen molar-refractivity contribution >= 4 is 17.3 Å². The Morgan fingerprint density at radius 1 is 1.19 bits per heavy atom. The largest absolute Gasteiger partial charge is 0.373 e. The molecule has 4 heteroatoms. The molecule has 114 valence electrons. The SMILES string of the molecule is Cc1ccc(N(C)CCCCCCn2ccnc2)c(Cl)c1. The van der Waals surface area contributed by atoms with Crippen molar-refractivity contribution in [2.75, 3.05) is 18.5 Å². The summed E-state index contributed by atoms with van der Waals surface area (Å²) in [6.07, 6.45) is 10.7. The van der Waals surface area contributed by atoms with Crippen molar-refractivity contribution in [2.45, 2.75) is 39.2 Å². The standard InChI is InChI=1S/C17H24ClN3/c1-15-7-8-17(16(18)13-15)20(2)10-5-3-4-6-11-21-12-9-19-14-21/h7-9,12-14H,3-6,10-11H2,1-2H3. The highest BCUT2D eigenvalue weighted by Crippen LogP contribution is 2.26. The number of aromatic nitrogens is 2. The van der Waals surface area contributed by atoms with E-state index in [0.717, 1.165) is 23.8 Å². The molecule has 0 radical (unpaired) electrons. The highest BCUT2D eigenvalue weighted by molar-refractivity contribution is 6.33. The Kier molecular flexibility index (Phi) is 6.12. The van der Waals surface area contributed by atoms with Crippen LogP contribution in [-0.4, -0.2) is 23.1 Å². The van der Waals surface area contributed by atoms with Crippen LogP contribution in [0.15, 0.2) is 36.9 Å². The number of hydrogen-bond acceptors (Lipinski definition) is 2. The molecule has 0 aliphatic heterocycles. The molecule has 0 spiro atoms. The van der Waals surface area contributed by atoms with Gasteiger partial charge in [0.1, 0.15) is 0 Å². The fourth-order valence-corrected chi connectivity index (χ4v) is 2.84. The molecule has 0 aliphatic carbocycles. The molecule has 0 bridgehead atoms. The van der Waals surface area contributed by atoms with Crippen LogP contribution >= 0.6 is 11.6 Å². The van der Waals surface area contributed by atoms with E-state index >= 15 is 0 Å². The fraction of sp³-hybridized carbons (Fsp3) is 0.471. The van der Waals surface area contributed by atoms with Gasteiger partial charge in [-0.25, -0.2) is 4.98 Å². The van der Waals surface area contributed by atoms with E-state index in [9.17, 15) is 0 Å². The average molecular weight is 306 g/mol. The second-order valence-electron chi connectivity index (χ2n) is 5.59. The van der Waals surface area contributed by atoms with Gasteiger partial charge in [-0.3, -0.25) is 0 Å². The maximum absolute atomic E-state index is 6.29. The van der Waals surface area contributed by atoms with Gasteiger partial charge >= 0.3 is 0 Å². The quantitative estimate of drug-likeness (QED) is 0.668. The number of anilines is 1. The van der Waals surface area contributed by atoms with E-state index in [2.05, 4.69) is 40.6 Å². The monoisotopic (exact) mass is 305 g/mol. The highest BCUT2D eigenvalue weighted by Gasteiger charge is 2.05. The third kappa shape index (κ3) is 5.09. The van der Waals surface area contributed by atoms with Gasteiger partial charge in [0.25, 0.3) is 0 Å². The summed E-state index contributed by atoms with van der Waals surface area (Å²) < 4.78 is 2.14. The molecule has 0 atom stereocenters. The van der Waals surface area contributed by atoms with E-state index in [4.69, 9.17) is 11.6 Å². The molecule has 0 saturated heterocycles. The van der Waals surface area contributed by atoms with Crippen molar-refractivity contribution in [1.82, 2.24) is 9.55 Å². The lowest BCUT2D eigenvalue weighted by molar-refractivity contribution is 0.571. The predicted octanol–water partition coefficient (Wildman–Crippen LogP) is 4.54. The molecule has 0 saturated carbocycles. The lowest BCUT2D eigenvalue weighted by Gasteiger charge is -2.20. The first kappa shape index (κ1) is 15.9. The maximum atomic E-state index is 6.29. The smallest absolute Gasteiger partial charge is 0.0945 e. The second-order valence-corrected chi connectivity index (χ2v) is 6.00. The summed E-state index contributed by atoms with van der Waals surface area (Å²) >= 11 is 6.29. The van der Waals surface area contributed by atoms with Crippen molar-refractivity contribution in [3.05, 3.63) is 47.5 Å². The molecule has 0 unspecified atom stereocenters. The number of unbranched alkanes of at least 4 members (excludes halogenated alkanes) is 3. The molecule has 1 aromatic heterocycles. The van der Waals surface area contributed by atoms with Gasteiger partial charge in [-0.05, 0) is 37.5 Å². The summed E-state index contributed by atoms with van der Waals surface area (Å²) in [5.41, 5.74) is 2.33. The molecule has 0 fully saturated rings. The van der Waals surface area contributed by atoms with Crippen molar-refractivity contribution < 1.29 is 0 Å². The topological polar surface area (TPSA) is 21.1 Å². The molecule has 0 N–H and O–H groups in total. The van der Waals surface area contributed by atoms with Gasteiger partial charge < -0.3 is 9.47 Å². The summed E-state index contributed by atoms with van der Waals surface area (Å²) in [6.45, 7) is 4.18. The van der Waals surface area contributed by atoms with Crippen LogP contribution in [0.4, 0.5) is 5.69 Å². The third-order valence-corrected chi connectivity index (χ3v) is 4.04. The van der Waals surface area contributed by atoms with E-state index < -0.39 is 0 Å². The first-order valence-electron chi connectivity index (χ1n) is 7.60. The third-order valence-electron chi connectivity index (χ3n) is 3.73. The fourth-order valence-electron chi connectivity index (χ4n) is 2.46. The van der Waals surface area contributed by atoms with Gasteiger partial charge in [0, 0.05) is 32.5 Å². The molecule has 0 aliphatic rings. The van der Waals surface area contributed by atoms with Gasteiger partial charge in [0.2, 0.25) is 0 Å². The summed E-state index contributed by atoms with van der Waals surface area (Å²) in [6, 6.07) is 6.25. The van der Waals surface area contributed by atoms with E-state index in [0.29, 0.717) is 0 Å². The first-order chi connectivity index (χ1) is 10.2. The van der Waals surface area contributed by atoms with Crippen molar-refractivity contribution in [1.29, 1.82) is 0 Å². The van der Waals surface area contributed by atoms with Crippen LogP contribution in [-0.2, 0) is 6.54 Å². The van der Waals surface area contributed by atoms with Crippen LogP contribution in [0.2, 0.25) is 5.02 Å². The summed E-state index contributed by atoms with van der Waals surface area (Å²) in [4.78, 5) is 6.30. The van der Waals surface area contributed by atoms with Crippen LogP contribution in [0.25, 0.3) is 0 Å². The van der Waals surface area contributed by atoms with Crippen molar-refractivity contribution in [3.8, 4) is 0 Å². The minimum atomic E-state index is 0.845. The molecular formula is C17H24ClN3. The number of nitrogens with zero attached hydrogens (tertiary/aromatic N) is 3. The molecule has 1 aromatic carbocycles. The van der Waals surface area contributed by atoms with Gasteiger partial charge in [0.05, 0.1) is 17.0 Å². The van der Waals surface area contributed by atoms with E-state index in [1.54, 1.807) is 0 Å². The Labute approximate surface area is 132 Å². The number of imidazole rings is 1. The van der Waals surface area contributed by atoms with Crippen LogP contribution in [0.5, 0.6) is 0 Å². The van der Waals surface area contributed by atoms with Crippen LogP contribution in [0.1, 0.15) is 31.2 Å². The van der Waals surface area contributed by atoms with Gasteiger partial charge in [-0.1, -0.05) is 30.5 Å². The summed E-state index contributed by atoms with van der Waals surface area (Å²) in [5, 5.41) is 0.845. The van der Waals surface area contributed by atoms with Gasteiger partial charge in [0.15, 0.2) is 0 Å². The summed E-state index contributed by atoms with van der Waals surface area (Å²) in [7, 11) is 2.11. The maximum Gasteiger partial charge on any atom is 0.0945 e. The predicted molar refractivity (Wildman–Crippen MR) is 90.2 cm³/mol. The number of hydrogen-bond donors (Lipinski definition) is 0. The van der Waals surface area contributed by atoms with Gasteiger partial charge in [-0.15, -0.1) is 0 Å². The van der Waals surface area contributed by atoms with Crippen molar-refractivity contribution in [3.63, 3.8) is 0 Å². The molecule has 2 rings (SSSR count). The van der Waals surface area contributed by atoms with Crippen LogP contribution in [0, 0.1) is 6.92 Å². The lowest BCUT2D eigenvalue weighted by Crippen LogP contribution is -2.18. The molecule has 2 aromatic rings. The summed E-state index contributed by atoms with van der Waals surface area (Å²) in [5.74, 6) is 0. The first-order valence-corrected chi connectivity index (χ1v) is 7.97. The van der Waals surface area contributed by atoms with Crippen LogP contribution in [0.3, 0.4) is 0 Å². The van der Waals surface area contributed by atoms with Crippen molar-refractivity contribution in [2.24, 2.45) is 0 Å². The van der Waals surface area contributed by atoms with E-state index in [-0.39, 0.29) is 0 Å². The molecule has 0 amide bonds. The van der Waals surface area contributed by atoms with E-state index in [1.165, 1.54) is 31.2 Å². The Balaban J connectivity index is 1.63. The highest BCUT2D eigenvalue weighted by atomic mass is 35.5. The van der Waals surface area contributed by atoms with E-state index in [1.807, 2.05) is 24.8 Å². The van der Waals surface area contributed by atoms with Crippen LogP contribution < -0.4 is 4.90 Å². The lowest BCUT2D eigenvalue weighted by atomic mass is 10.1. The Morgan fingerprint density at radius 3 is 2.71 bits per heavy atom.